The molecule has 3 heteroatoms. The van der Waals surface area contributed by atoms with Gasteiger partial charge >= 0.3 is 0 Å². The smallest absolute Gasteiger partial charge is 0.0808 e. The fourth-order valence-electron chi connectivity index (χ4n) is 3.08. The number of morpholine rings is 1. The van der Waals surface area contributed by atoms with E-state index in [4.69, 9.17) is 10.5 Å². The Kier molecular flexibility index (Phi) is 3.63. The van der Waals surface area contributed by atoms with E-state index in [2.05, 4.69) is 57.7 Å². The summed E-state index contributed by atoms with van der Waals surface area (Å²) < 4.78 is 6.13. The van der Waals surface area contributed by atoms with Crippen LogP contribution in [0.15, 0.2) is 18.2 Å². The molecule has 1 saturated heterocycles. The van der Waals surface area contributed by atoms with Crippen molar-refractivity contribution in [2.24, 2.45) is 5.73 Å². The molecule has 0 aromatic heterocycles. The average Bonchev–Trinajstić information content (AvgIpc) is 2.24. The topological polar surface area (TPSA) is 38.5 Å². The summed E-state index contributed by atoms with van der Waals surface area (Å²) in [5, 5.41) is 0. The lowest BCUT2D eigenvalue weighted by atomic mass is 9.97. The number of ether oxygens (including phenoxy) is 1. The number of benzene rings is 1. The molecule has 1 aliphatic heterocycles. The maximum absolute atomic E-state index is 6.13. The summed E-state index contributed by atoms with van der Waals surface area (Å²) in [5.41, 5.74) is 9.23. The Labute approximate surface area is 116 Å². The van der Waals surface area contributed by atoms with Crippen LogP contribution < -0.4 is 10.6 Å². The molecule has 2 rings (SSSR count). The maximum Gasteiger partial charge on any atom is 0.0808 e. The van der Waals surface area contributed by atoms with Gasteiger partial charge in [0.1, 0.15) is 0 Å². The van der Waals surface area contributed by atoms with Crippen LogP contribution in [0.1, 0.15) is 38.8 Å². The van der Waals surface area contributed by atoms with Crippen LogP contribution in [-0.2, 0) is 11.3 Å². The molecule has 0 amide bonds. The molecule has 1 aliphatic rings. The Morgan fingerprint density at radius 3 is 2.21 bits per heavy atom. The molecule has 106 valence electrons. The second-order valence-electron chi connectivity index (χ2n) is 6.79. The van der Waals surface area contributed by atoms with Gasteiger partial charge < -0.3 is 15.4 Å². The van der Waals surface area contributed by atoms with E-state index in [-0.39, 0.29) is 11.2 Å². The molecule has 3 nitrogen and oxygen atoms in total. The third kappa shape index (κ3) is 3.28. The van der Waals surface area contributed by atoms with Gasteiger partial charge in [0.05, 0.1) is 11.2 Å². The molecule has 0 aliphatic carbocycles. The maximum atomic E-state index is 6.13. The van der Waals surface area contributed by atoms with Crippen LogP contribution in [0.25, 0.3) is 0 Å². The zero-order valence-corrected chi connectivity index (χ0v) is 12.8. The molecule has 0 radical (unpaired) electrons. The second kappa shape index (κ2) is 4.80. The van der Waals surface area contributed by atoms with Gasteiger partial charge in [-0.05, 0) is 57.9 Å². The zero-order chi connectivity index (χ0) is 14.3. The first-order chi connectivity index (χ1) is 8.72. The van der Waals surface area contributed by atoms with E-state index in [1.165, 1.54) is 16.8 Å². The van der Waals surface area contributed by atoms with Crippen molar-refractivity contribution >= 4 is 5.69 Å². The largest absolute Gasteiger partial charge is 0.366 e. The molecule has 19 heavy (non-hydrogen) atoms. The molecular weight excluding hydrogens is 236 g/mol. The van der Waals surface area contributed by atoms with Crippen LogP contribution in [0.2, 0.25) is 0 Å². The van der Waals surface area contributed by atoms with Gasteiger partial charge in [-0.25, -0.2) is 0 Å². The van der Waals surface area contributed by atoms with Gasteiger partial charge in [0, 0.05) is 25.3 Å². The highest BCUT2D eigenvalue weighted by Crippen LogP contribution is 2.32. The Morgan fingerprint density at radius 2 is 1.74 bits per heavy atom. The monoisotopic (exact) mass is 262 g/mol. The van der Waals surface area contributed by atoms with Gasteiger partial charge in [-0.3, -0.25) is 0 Å². The predicted molar refractivity (Wildman–Crippen MR) is 80.5 cm³/mol. The lowest BCUT2D eigenvalue weighted by Gasteiger charge is -2.48. The Bertz CT molecular complexity index is 450. The molecule has 0 atom stereocenters. The van der Waals surface area contributed by atoms with Crippen molar-refractivity contribution in [3.63, 3.8) is 0 Å². The highest BCUT2D eigenvalue weighted by Gasteiger charge is 2.38. The van der Waals surface area contributed by atoms with Crippen LogP contribution in [0, 0.1) is 6.92 Å². The molecule has 2 N–H and O–H groups in total. The van der Waals surface area contributed by atoms with Crippen LogP contribution in [0.5, 0.6) is 0 Å². The number of rotatable bonds is 2. The van der Waals surface area contributed by atoms with Gasteiger partial charge in [0.15, 0.2) is 0 Å². The van der Waals surface area contributed by atoms with Gasteiger partial charge in [-0.15, -0.1) is 0 Å². The first kappa shape index (κ1) is 14.4. The highest BCUT2D eigenvalue weighted by molar-refractivity contribution is 5.52. The fraction of sp³-hybridized carbons (Fsp3) is 0.625. The molecule has 0 spiro atoms. The van der Waals surface area contributed by atoms with Crippen molar-refractivity contribution < 1.29 is 4.74 Å². The average molecular weight is 262 g/mol. The predicted octanol–water partition coefficient (Wildman–Crippen LogP) is 2.85. The number of nitrogens with two attached hydrogens (primary N) is 1. The van der Waals surface area contributed by atoms with Gasteiger partial charge in [0.25, 0.3) is 0 Å². The van der Waals surface area contributed by atoms with Crippen LogP contribution in [0.4, 0.5) is 5.69 Å². The van der Waals surface area contributed by atoms with Gasteiger partial charge in [-0.2, -0.15) is 0 Å². The minimum absolute atomic E-state index is 0.123. The van der Waals surface area contributed by atoms with Crippen molar-refractivity contribution in [2.45, 2.75) is 52.4 Å². The summed E-state index contributed by atoms with van der Waals surface area (Å²) in [7, 11) is 0. The molecule has 1 aromatic rings. The zero-order valence-electron chi connectivity index (χ0n) is 12.8. The summed E-state index contributed by atoms with van der Waals surface area (Å²) in [6.07, 6.45) is 0. The summed E-state index contributed by atoms with van der Waals surface area (Å²) in [4.78, 5) is 2.41. The van der Waals surface area contributed by atoms with Crippen molar-refractivity contribution in [2.75, 3.05) is 18.0 Å². The molecule has 0 saturated carbocycles. The SMILES string of the molecule is Cc1cc(N2CC(C)(C)OC(C)(C)C2)ccc1CN. The molecule has 0 bridgehead atoms. The minimum atomic E-state index is -0.123. The Balaban J connectivity index is 2.28. The normalized spacial score (nSPS) is 21.5. The quantitative estimate of drug-likeness (QED) is 0.890. The molecule has 1 heterocycles. The first-order valence-electron chi connectivity index (χ1n) is 6.97. The summed E-state index contributed by atoms with van der Waals surface area (Å²) in [5.74, 6) is 0. The minimum Gasteiger partial charge on any atom is -0.366 e. The first-order valence-corrected chi connectivity index (χ1v) is 6.97. The fourth-order valence-corrected chi connectivity index (χ4v) is 3.08. The van der Waals surface area contributed by atoms with Gasteiger partial charge in [-0.1, -0.05) is 6.07 Å². The molecule has 1 aromatic carbocycles. The van der Waals surface area contributed by atoms with Crippen molar-refractivity contribution in [1.82, 2.24) is 0 Å². The lowest BCUT2D eigenvalue weighted by Crippen LogP contribution is -2.57. The van der Waals surface area contributed by atoms with E-state index in [9.17, 15) is 0 Å². The summed E-state index contributed by atoms with van der Waals surface area (Å²) >= 11 is 0. The lowest BCUT2D eigenvalue weighted by molar-refractivity contribution is -0.133. The highest BCUT2D eigenvalue weighted by atomic mass is 16.5. The standard InChI is InChI=1S/C16H26N2O/c1-12-8-14(7-6-13(12)9-17)18-10-15(2,3)19-16(4,5)11-18/h6-8H,9-11,17H2,1-5H3. The van der Waals surface area contributed by atoms with E-state index in [0.29, 0.717) is 6.54 Å². The van der Waals surface area contributed by atoms with Crippen LogP contribution in [-0.4, -0.2) is 24.3 Å². The number of anilines is 1. The van der Waals surface area contributed by atoms with E-state index in [0.717, 1.165) is 13.1 Å². The van der Waals surface area contributed by atoms with E-state index >= 15 is 0 Å². The Morgan fingerprint density at radius 1 is 1.16 bits per heavy atom. The number of hydrogen-bond donors (Lipinski definition) is 1. The van der Waals surface area contributed by atoms with Crippen LogP contribution in [0.3, 0.4) is 0 Å². The Hall–Kier alpha value is -1.06. The number of nitrogens with zero attached hydrogens (tertiary/aromatic N) is 1. The van der Waals surface area contributed by atoms with Crippen molar-refractivity contribution in [3.8, 4) is 0 Å². The third-order valence-corrected chi connectivity index (χ3v) is 3.61. The summed E-state index contributed by atoms with van der Waals surface area (Å²) in [6.45, 7) is 13.2. The molecule has 1 fully saturated rings. The van der Waals surface area contributed by atoms with E-state index in [1.54, 1.807) is 0 Å². The van der Waals surface area contributed by atoms with Crippen LogP contribution >= 0.6 is 0 Å². The van der Waals surface area contributed by atoms with E-state index < -0.39 is 0 Å². The summed E-state index contributed by atoms with van der Waals surface area (Å²) in [6, 6.07) is 6.55. The van der Waals surface area contributed by atoms with Crippen molar-refractivity contribution in [3.05, 3.63) is 29.3 Å². The second-order valence-corrected chi connectivity index (χ2v) is 6.79. The molecule has 0 unspecified atom stereocenters. The number of hydrogen-bond acceptors (Lipinski definition) is 3. The third-order valence-electron chi connectivity index (χ3n) is 3.61. The van der Waals surface area contributed by atoms with E-state index in [1.807, 2.05) is 0 Å². The molecular formula is C16H26N2O. The van der Waals surface area contributed by atoms with Crippen molar-refractivity contribution in [1.29, 1.82) is 0 Å². The van der Waals surface area contributed by atoms with Gasteiger partial charge in [0.2, 0.25) is 0 Å². The number of aryl methyl sites for hydroxylation is 1.